The summed E-state index contributed by atoms with van der Waals surface area (Å²) in [6.07, 6.45) is 7.44. The molecule has 2 heterocycles. The molecule has 2 aromatic rings. The Morgan fingerprint density at radius 1 is 1.25 bits per heavy atom. The molecule has 132 valence electrons. The molecule has 7 heteroatoms. The third kappa shape index (κ3) is 4.07. The monoisotopic (exact) mass is 384 g/mol. The van der Waals surface area contributed by atoms with Crippen molar-refractivity contribution < 1.29 is 8.42 Å². The van der Waals surface area contributed by atoms with Gasteiger partial charge in [0, 0.05) is 16.3 Å². The van der Waals surface area contributed by atoms with Gasteiger partial charge in [-0.15, -0.1) is 22.7 Å². The van der Waals surface area contributed by atoms with Crippen molar-refractivity contribution in [1.29, 1.82) is 0 Å². The van der Waals surface area contributed by atoms with E-state index in [0.29, 0.717) is 4.90 Å². The lowest BCUT2D eigenvalue weighted by Gasteiger charge is -2.16. The number of aryl methyl sites for hydroxylation is 2. The number of nitrogens with zero attached hydrogens (tertiary/aromatic N) is 1. The Hall–Kier alpha value is -0.760. The van der Waals surface area contributed by atoms with Crippen LogP contribution in [-0.2, 0) is 16.4 Å². The second-order valence-corrected chi connectivity index (χ2v) is 10.2. The number of thiazole rings is 1. The van der Waals surface area contributed by atoms with Crippen LogP contribution in [0, 0.1) is 6.92 Å². The van der Waals surface area contributed by atoms with Crippen LogP contribution in [0.3, 0.4) is 0 Å². The fourth-order valence-corrected chi connectivity index (χ4v) is 6.80. The molecule has 1 fully saturated rings. The van der Waals surface area contributed by atoms with E-state index in [1.165, 1.54) is 24.2 Å². The maximum Gasteiger partial charge on any atom is 0.241 e. The van der Waals surface area contributed by atoms with Crippen LogP contribution in [0.15, 0.2) is 16.3 Å². The van der Waals surface area contributed by atoms with Crippen LogP contribution in [0.25, 0.3) is 10.6 Å². The lowest BCUT2D eigenvalue weighted by Crippen LogP contribution is -2.34. The van der Waals surface area contributed by atoms with Crippen molar-refractivity contribution in [3.63, 3.8) is 0 Å². The minimum atomic E-state index is -3.46. The second-order valence-electron chi connectivity index (χ2n) is 6.32. The first-order valence-corrected chi connectivity index (χ1v) is 11.7. The molecule has 24 heavy (non-hydrogen) atoms. The molecule has 0 aliphatic heterocycles. The molecule has 1 aliphatic rings. The third-order valence-corrected chi connectivity index (χ3v) is 8.29. The molecule has 2 aromatic heterocycles. The van der Waals surface area contributed by atoms with E-state index in [1.54, 1.807) is 17.4 Å². The predicted octanol–water partition coefficient (Wildman–Crippen LogP) is 4.74. The van der Waals surface area contributed by atoms with Crippen LogP contribution in [0.4, 0.5) is 0 Å². The lowest BCUT2D eigenvalue weighted by atomic mass is 10.1. The number of rotatable bonds is 5. The Morgan fingerprint density at radius 3 is 2.58 bits per heavy atom. The van der Waals surface area contributed by atoms with E-state index in [2.05, 4.69) is 16.6 Å². The minimum absolute atomic E-state index is 0.0752. The van der Waals surface area contributed by atoms with Crippen molar-refractivity contribution in [2.75, 3.05) is 0 Å². The molecule has 4 nitrogen and oxygen atoms in total. The molecular formula is C17H24N2O2S3. The van der Waals surface area contributed by atoms with Crippen molar-refractivity contribution in [1.82, 2.24) is 9.71 Å². The van der Waals surface area contributed by atoms with E-state index < -0.39 is 10.0 Å². The normalized spacial score (nSPS) is 17.1. The average Bonchev–Trinajstić information content (AvgIpc) is 3.09. The maximum absolute atomic E-state index is 12.8. The summed E-state index contributed by atoms with van der Waals surface area (Å²) in [7, 11) is -3.46. The van der Waals surface area contributed by atoms with Gasteiger partial charge < -0.3 is 0 Å². The highest BCUT2D eigenvalue weighted by atomic mass is 32.2. The SMILES string of the molecule is CCc1nc(-c2cc(S(=O)(=O)NC3CCCCCC3)c(C)s2)cs1. The van der Waals surface area contributed by atoms with E-state index in [4.69, 9.17) is 0 Å². The Labute approximate surface area is 152 Å². The highest BCUT2D eigenvalue weighted by Gasteiger charge is 2.25. The van der Waals surface area contributed by atoms with Crippen LogP contribution in [0.2, 0.25) is 0 Å². The molecule has 0 bridgehead atoms. The molecule has 1 N–H and O–H groups in total. The first kappa shape index (κ1) is 18.0. The van der Waals surface area contributed by atoms with Crippen molar-refractivity contribution in [2.45, 2.75) is 69.7 Å². The van der Waals surface area contributed by atoms with Crippen LogP contribution >= 0.6 is 22.7 Å². The van der Waals surface area contributed by atoms with Crippen LogP contribution in [0.5, 0.6) is 0 Å². The summed E-state index contributed by atoms with van der Waals surface area (Å²) < 4.78 is 28.6. The smallest absolute Gasteiger partial charge is 0.240 e. The number of thiophene rings is 1. The van der Waals surface area contributed by atoms with Gasteiger partial charge in [0.25, 0.3) is 0 Å². The maximum atomic E-state index is 12.8. The van der Waals surface area contributed by atoms with Gasteiger partial charge >= 0.3 is 0 Å². The first-order valence-electron chi connectivity index (χ1n) is 8.57. The van der Waals surface area contributed by atoms with Crippen molar-refractivity contribution in [2.24, 2.45) is 0 Å². The van der Waals surface area contributed by atoms with E-state index >= 15 is 0 Å². The molecule has 1 aliphatic carbocycles. The zero-order valence-corrected chi connectivity index (χ0v) is 16.6. The van der Waals surface area contributed by atoms with E-state index in [9.17, 15) is 8.42 Å². The topological polar surface area (TPSA) is 59.1 Å². The Bertz CT molecular complexity index is 785. The number of sulfonamides is 1. The summed E-state index contributed by atoms with van der Waals surface area (Å²) in [5.41, 5.74) is 0.890. The zero-order valence-electron chi connectivity index (χ0n) is 14.2. The molecule has 0 radical (unpaired) electrons. The minimum Gasteiger partial charge on any atom is -0.240 e. The standard InChI is InChI=1S/C17H24N2O2S3/c1-3-17-18-14(11-22-17)15-10-16(12(2)23-15)24(20,21)19-13-8-6-4-5-7-9-13/h10-11,13,19H,3-9H2,1-2H3. The molecular weight excluding hydrogens is 360 g/mol. The van der Waals surface area contributed by atoms with Gasteiger partial charge in [0.2, 0.25) is 10.0 Å². The first-order chi connectivity index (χ1) is 11.5. The van der Waals surface area contributed by atoms with Gasteiger partial charge in [-0.1, -0.05) is 32.6 Å². The third-order valence-electron chi connectivity index (χ3n) is 4.45. The predicted molar refractivity (Wildman–Crippen MR) is 101 cm³/mol. The molecule has 0 aromatic carbocycles. The fraction of sp³-hybridized carbons (Fsp3) is 0.588. The second kappa shape index (κ2) is 7.64. The summed E-state index contributed by atoms with van der Waals surface area (Å²) in [6, 6.07) is 1.86. The van der Waals surface area contributed by atoms with Gasteiger partial charge in [0.15, 0.2) is 0 Å². The quantitative estimate of drug-likeness (QED) is 0.757. The Kier molecular flexibility index (Phi) is 5.74. The molecule has 3 rings (SSSR count). The summed E-state index contributed by atoms with van der Waals surface area (Å²) >= 11 is 3.14. The van der Waals surface area contributed by atoms with Gasteiger partial charge in [0.05, 0.1) is 20.5 Å². The fourth-order valence-electron chi connectivity index (χ4n) is 3.12. The van der Waals surface area contributed by atoms with Crippen molar-refractivity contribution in [3.8, 4) is 10.6 Å². The highest BCUT2D eigenvalue weighted by Crippen LogP contribution is 2.34. The van der Waals surface area contributed by atoms with E-state index in [-0.39, 0.29) is 6.04 Å². The largest absolute Gasteiger partial charge is 0.241 e. The molecule has 0 unspecified atom stereocenters. The summed E-state index contributed by atoms with van der Waals surface area (Å²) in [5.74, 6) is 0. The van der Waals surface area contributed by atoms with Crippen molar-refractivity contribution in [3.05, 3.63) is 21.3 Å². The average molecular weight is 385 g/mol. The Balaban J connectivity index is 1.82. The van der Waals surface area contributed by atoms with Gasteiger partial charge in [-0.2, -0.15) is 0 Å². The van der Waals surface area contributed by atoms with Crippen LogP contribution in [-0.4, -0.2) is 19.4 Å². The van der Waals surface area contributed by atoms with Crippen molar-refractivity contribution >= 4 is 32.7 Å². The number of hydrogen-bond donors (Lipinski definition) is 1. The summed E-state index contributed by atoms with van der Waals surface area (Å²) in [5, 5.41) is 3.09. The van der Waals surface area contributed by atoms with Crippen LogP contribution < -0.4 is 4.72 Å². The molecule has 0 saturated heterocycles. The molecule has 0 spiro atoms. The lowest BCUT2D eigenvalue weighted by molar-refractivity contribution is 0.510. The molecule has 0 atom stereocenters. The number of nitrogens with one attached hydrogen (secondary N) is 1. The van der Waals surface area contributed by atoms with Gasteiger partial charge in [-0.3, -0.25) is 0 Å². The Morgan fingerprint density at radius 2 is 1.96 bits per heavy atom. The van der Waals surface area contributed by atoms with E-state index in [1.807, 2.05) is 12.3 Å². The van der Waals surface area contributed by atoms with Gasteiger partial charge in [-0.05, 0) is 32.3 Å². The summed E-state index contributed by atoms with van der Waals surface area (Å²) in [6.45, 7) is 3.96. The number of hydrogen-bond acceptors (Lipinski definition) is 5. The molecule has 1 saturated carbocycles. The molecule has 0 amide bonds. The van der Waals surface area contributed by atoms with Gasteiger partial charge in [0.1, 0.15) is 0 Å². The number of aromatic nitrogens is 1. The van der Waals surface area contributed by atoms with E-state index in [0.717, 1.165) is 52.6 Å². The summed E-state index contributed by atoms with van der Waals surface area (Å²) in [4.78, 5) is 6.76. The van der Waals surface area contributed by atoms with Gasteiger partial charge in [-0.25, -0.2) is 18.1 Å². The zero-order chi connectivity index (χ0) is 17.2. The van der Waals surface area contributed by atoms with Crippen LogP contribution in [0.1, 0.15) is 55.3 Å². The highest BCUT2D eigenvalue weighted by molar-refractivity contribution is 7.89.